The molecule has 0 unspecified atom stereocenters. The smallest absolute Gasteiger partial charge is 0.134 e. The van der Waals surface area contributed by atoms with Crippen LogP contribution in [0, 0.1) is 5.82 Å². The number of hydrogen-bond donors (Lipinski definition) is 1. The Labute approximate surface area is 112 Å². The summed E-state index contributed by atoms with van der Waals surface area (Å²) in [7, 11) is 3.75. The molecule has 0 spiro atoms. The lowest BCUT2D eigenvalue weighted by Gasteiger charge is -1.97. The lowest BCUT2D eigenvalue weighted by molar-refractivity contribution is -0.116. The molecule has 1 aromatic rings. The molecule has 0 amide bonds. The number of carbonyl (C=O) groups is 1. The van der Waals surface area contributed by atoms with Gasteiger partial charge in [-0.15, -0.1) is 0 Å². The first-order chi connectivity index (χ1) is 8.61. The first kappa shape index (κ1) is 22.0. The van der Waals surface area contributed by atoms with Crippen molar-refractivity contribution in [2.24, 2.45) is 0 Å². The minimum atomic E-state index is -0.303. The third kappa shape index (κ3) is 14.8. The van der Waals surface area contributed by atoms with Crippen LogP contribution in [0.15, 0.2) is 24.3 Å². The topological polar surface area (TPSA) is 29.1 Å². The molecule has 0 radical (unpaired) electrons. The maximum Gasteiger partial charge on any atom is 0.134 e. The molecule has 0 fully saturated rings. The minimum absolute atomic E-state index is 0.0184. The number of carbonyl (C=O) groups excluding carboxylic acids is 1. The largest absolute Gasteiger partial charge is 0.323 e. The second-order valence-corrected chi connectivity index (χ2v) is 2.97. The molecule has 3 heteroatoms. The Hall–Kier alpha value is -1.22. The highest BCUT2D eigenvalue weighted by Crippen LogP contribution is 2.06. The molecule has 0 saturated carbocycles. The fourth-order valence-corrected chi connectivity index (χ4v) is 0.910. The van der Waals surface area contributed by atoms with Gasteiger partial charge >= 0.3 is 0 Å². The quantitative estimate of drug-likeness (QED) is 0.872. The van der Waals surface area contributed by atoms with Crippen molar-refractivity contribution in [3.63, 3.8) is 0 Å². The molecule has 0 heterocycles. The van der Waals surface area contributed by atoms with Crippen LogP contribution in [0.5, 0.6) is 0 Å². The average molecular weight is 257 g/mol. The molecule has 18 heavy (non-hydrogen) atoms. The summed E-state index contributed by atoms with van der Waals surface area (Å²) in [5, 5.41) is 2.75. The SMILES string of the molecule is CC.CC.CC(=O)Cc1ccccc1F.CNC. The molecule has 0 saturated heterocycles. The molecular weight excluding hydrogens is 229 g/mol. The van der Waals surface area contributed by atoms with Crippen LogP contribution in [0.3, 0.4) is 0 Å². The van der Waals surface area contributed by atoms with E-state index in [-0.39, 0.29) is 18.0 Å². The number of benzene rings is 1. The van der Waals surface area contributed by atoms with E-state index in [0.29, 0.717) is 5.56 Å². The third-order valence-corrected chi connectivity index (χ3v) is 1.40. The Morgan fingerprint density at radius 2 is 1.50 bits per heavy atom. The molecule has 1 aromatic carbocycles. The second kappa shape index (κ2) is 18.2. The van der Waals surface area contributed by atoms with Gasteiger partial charge < -0.3 is 5.32 Å². The van der Waals surface area contributed by atoms with Crippen molar-refractivity contribution in [3.05, 3.63) is 35.6 Å². The Morgan fingerprint density at radius 3 is 1.83 bits per heavy atom. The molecule has 0 bridgehead atoms. The van der Waals surface area contributed by atoms with Crippen LogP contribution in [0.4, 0.5) is 4.39 Å². The van der Waals surface area contributed by atoms with Crippen molar-refractivity contribution in [1.29, 1.82) is 0 Å². The van der Waals surface area contributed by atoms with Gasteiger partial charge in [0.15, 0.2) is 0 Å². The number of rotatable bonds is 2. The van der Waals surface area contributed by atoms with Gasteiger partial charge in [0.25, 0.3) is 0 Å². The molecule has 106 valence electrons. The van der Waals surface area contributed by atoms with E-state index < -0.39 is 0 Å². The molecular formula is C15H28FNO. The molecule has 0 aliphatic rings. The first-order valence-corrected chi connectivity index (χ1v) is 6.43. The standard InChI is InChI=1S/C9H9FO.C2H7N.2C2H6/c1-7(11)6-8-4-2-3-5-9(8)10;1-3-2;2*1-2/h2-5H,6H2,1H3;3H,1-2H3;2*1-2H3. The van der Waals surface area contributed by atoms with Crippen molar-refractivity contribution >= 4 is 5.78 Å². The number of nitrogens with one attached hydrogen (secondary N) is 1. The molecule has 1 rings (SSSR count). The van der Waals surface area contributed by atoms with Crippen LogP contribution in [0.1, 0.15) is 40.2 Å². The fraction of sp³-hybridized carbons (Fsp3) is 0.533. The number of ketones is 1. The van der Waals surface area contributed by atoms with E-state index in [1.807, 2.05) is 41.8 Å². The highest BCUT2D eigenvalue weighted by molar-refractivity contribution is 5.78. The van der Waals surface area contributed by atoms with Gasteiger partial charge in [0, 0.05) is 6.42 Å². The van der Waals surface area contributed by atoms with E-state index in [2.05, 4.69) is 5.32 Å². The first-order valence-electron chi connectivity index (χ1n) is 6.43. The maximum absolute atomic E-state index is 12.8. The monoisotopic (exact) mass is 257 g/mol. The zero-order valence-electron chi connectivity index (χ0n) is 12.8. The van der Waals surface area contributed by atoms with E-state index in [9.17, 15) is 9.18 Å². The van der Waals surface area contributed by atoms with E-state index in [4.69, 9.17) is 0 Å². The van der Waals surface area contributed by atoms with Gasteiger partial charge in [-0.05, 0) is 32.6 Å². The Kier molecular flexibility index (Phi) is 22.2. The van der Waals surface area contributed by atoms with Gasteiger partial charge in [0.2, 0.25) is 0 Å². The summed E-state index contributed by atoms with van der Waals surface area (Å²) < 4.78 is 12.8. The number of halogens is 1. The van der Waals surface area contributed by atoms with Crippen LogP contribution in [-0.2, 0) is 11.2 Å². The summed E-state index contributed by atoms with van der Waals surface area (Å²) in [6.45, 7) is 9.45. The van der Waals surface area contributed by atoms with E-state index in [1.165, 1.54) is 13.0 Å². The van der Waals surface area contributed by atoms with Crippen molar-refractivity contribution in [2.45, 2.75) is 41.0 Å². The van der Waals surface area contributed by atoms with Crippen molar-refractivity contribution in [2.75, 3.05) is 14.1 Å². The van der Waals surface area contributed by atoms with Crippen LogP contribution < -0.4 is 5.32 Å². The highest BCUT2D eigenvalue weighted by Gasteiger charge is 2.01. The molecule has 1 N–H and O–H groups in total. The predicted molar refractivity (Wildman–Crippen MR) is 78.5 cm³/mol. The van der Waals surface area contributed by atoms with Gasteiger partial charge in [0.1, 0.15) is 11.6 Å². The highest BCUT2D eigenvalue weighted by atomic mass is 19.1. The lowest BCUT2D eigenvalue weighted by Crippen LogP contribution is -1.98. The predicted octanol–water partition coefficient (Wildman–Crippen LogP) is 3.85. The van der Waals surface area contributed by atoms with Crippen molar-refractivity contribution in [1.82, 2.24) is 5.32 Å². The second-order valence-electron chi connectivity index (χ2n) is 2.97. The lowest BCUT2D eigenvalue weighted by atomic mass is 10.1. The summed E-state index contributed by atoms with van der Waals surface area (Å²) in [4.78, 5) is 10.6. The Balaban J connectivity index is -0.000000274. The normalized spacial score (nSPS) is 7.56. The van der Waals surface area contributed by atoms with Crippen LogP contribution in [-0.4, -0.2) is 19.9 Å². The summed E-state index contributed by atoms with van der Waals surface area (Å²) in [5.41, 5.74) is 0.472. The molecule has 0 aromatic heterocycles. The van der Waals surface area contributed by atoms with Gasteiger partial charge in [-0.2, -0.15) is 0 Å². The van der Waals surface area contributed by atoms with Gasteiger partial charge in [-0.25, -0.2) is 4.39 Å². The van der Waals surface area contributed by atoms with Crippen molar-refractivity contribution < 1.29 is 9.18 Å². The molecule has 0 atom stereocenters. The van der Waals surface area contributed by atoms with Gasteiger partial charge in [0.05, 0.1) is 0 Å². The zero-order valence-corrected chi connectivity index (χ0v) is 12.8. The third-order valence-electron chi connectivity index (χ3n) is 1.40. The summed E-state index contributed by atoms with van der Waals surface area (Å²) in [6, 6.07) is 6.31. The molecule has 0 aliphatic carbocycles. The Bertz CT molecular complexity index is 288. The van der Waals surface area contributed by atoms with Gasteiger partial charge in [-0.3, -0.25) is 4.79 Å². The molecule has 2 nitrogen and oxygen atoms in total. The summed E-state index contributed by atoms with van der Waals surface area (Å²) in [5.74, 6) is -0.321. The van der Waals surface area contributed by atoms with Crippen molar-refractivity contribution in [3.8, 4) is 0 Å². The maximum atomic E-state index is 12.8. The zero-order chi connectivity index (χ0) is 15.0. The van der Waals surface area contributed by atoms with Crippen LogP contribution in [0.2, 0.25) is 0 Å². The fourth-order valence-electron chi connectivity index (χ4n) is 0.910. The average Bonchev–Trinajstić information content (AvgIpc) is 2.38. The van der Waals surface area contributed by atoms with E-state index >= 15 is 0 Å². The van der Waals surface area contributed by atoms with E-state index in [0.717, 1.165) is 0 Å². The summed E-state index contributed by atoms with van der Waals surface area (Å²) in [6.07, 6.45) is 0.187. The Morgan fingerprint density at radius 1 is 1.11 bits per heavy atom. The minimum Gasteiger partial charge on any atom is -0.323 e. The van der Waals surface area contributed by atoms with E-state index in [1.54, 1.807) is 18.2 Å². The molecule has 0 aliphatic heterocycles. The van der Waals surface area contributed by atoms with Gasteiger partial charge in [-0.1, -0.05) is 45.9 Å². The van der Waals surface area contributed by atoms with Crippen LogP contribution >= 0.6 is 0 Å². The van der Waals surface area contributed by atoms with Crippen LogP contribution in [0.25, 0.3) is 0 Å². The number of hydrogen-bond acceptors (Lipinski definition) is 2. The number of Topliss-reactive ketones (excluding diaryl/α,β-unsaturated/α-hetero) is 1. The summed E-state index contributed by atoms with van der Waals surface area (Å²) >= 11 is 0.